The maximum atomic E-state index is 11.1. The van der Waals surface area contributed by atoms with Crippen molar-refractivity contribution in [3.05, 3.63) is 0 Å². The van der Waals surface area contributed by atoms with Gasteiger partial charge in [-0.3, -0.25) is 0 Å². The van der Waals surface area contributed by atoms with Crippen LogP contribution in [0, 0.1) is 0 Å². The summed E-state index contributed by atoms with van der Waals surface area (Å²) in [5.74, 6) is 7.07. The molecule has 0 radical (unpaired) electrons. The normalized spacial score (nSPS) is 21.5. The van der Waals surface area contributed by atoms with Gasteiger partial charge in [0.05, 0.1) is 5.60 Å². The molecule has 0 aromatic heterocycles. The van der Waals surface area contributed by atoms with Crippen LogP contribution in [0.4, 0.5) is 4.79 Å². The Bertz CT molecular complexity index is 239. The number of β-amino-alcohol motifs (C(OH)–C–C–N with tert-alkyl or cyclic N) is 1. The summed E-state index contributed by atoms with van der Waals surface area (Å²) in [6.45, 7) is 2.54. The zero-order valence-electron chi connectivity index (χ0n) is 6.54. The van der Waals surface area contributed by atoms with E-state index in [4.69, 9.17) is 0 Å². The summed E-state index contributed by atoms with van der Waals surface area (Å²) in [5.41, 5.74) is -0.685. The van der Waals surface area contributed by atoms with Crippen molar-refractivity contribution in [2.75, 3.05) is 13.1 Å². The Morgan fingerprint density at radius 3 is 2.36 bits per heavy atom. The first kappa shape index (κ1) is 8.62. The van der Waals surface area contributed by atoms with Gasteiger partial charge in [0, 0.05) is 13.1 Å². The van der Waals surface area contributed by atoms with Crippen molar-refractivity contribution in [1.82, 2.24) is 4.90 Å². The summed E-state index contributed by atoms with van der Waals surface area (Å²) >= 11 is 0. The fraction of sp³-hybridized carbons (Fsp3) is 0.571. The molecular weight excluding hydrogens is 162 g/mol. The first-order valence-electron chi connectivity index (χ1n) is 3.27. The predicted octanol–water partition coefficient (Wildman–Crippen LogP) is -0.345. The van der Waals surface area contributed by atoms with Crippen molar-refractivity contribution in [3.8, 4) is 0 Å². The first-order chi connectivity index (χ1) is 4.92. The van der Waals surface area contributed by atoms with Crippen LogP contribution in [0.3, 0.4) is 0 Å². The number of hydrogen-bond donors (Lipinski definition) is 1. The van der Waals surface area contributed by atoms with Crippen LogP contribution in [-0.4, -0.2) is 45.7 Å². The van der Waals surface area contributed by atoms with E-state index in [9.17, 15) is 9.90 Å². The minimum absolute atomic E-state index is 0.0588. The SMILES string of the molecule is C=[S-](=C)C(=O)N1CC(C)(O)C1. The fourth-order valence-electron chi connectivity index (χ4n) is 1.09. The topological polar surface area (TPSA) is 40.5 Å². The summed E-state index contributed by atoms with van der Waals surface area (Å²) in [5, 5.41) is 9.22. The Balaban J connectivity index is 2.51. The van der Waals surface area contributed by atoms with Gasteiger partial charge in [0.2, 0.25) is 0 Å². The molecule has 0 aliphatic carbocycles. The molecule has 11 heavy (non-hydrogen) atoms. The summed E-state index contributed by atoms with van der Waals surface area (Å²) in [4.78, 5) is 12.7. The van der Waals surface area contributed by atoms with E-state index in [2.05, 4.69) is 11.7 Å². The van der Waals surface area contributed by atoms with Crippen LogP contribution in [0.5, 0.6) is 0 Å². The highest BCUT2D eigenvalue weighted by atomic mass is 32.2. The van der Waals surface area contributed by atoms with Crippen molar-refractivity contribution in [2.24, 2.45) is 0 Å². The molecule has 0 unspecified atom stereocenters. The molecule has 0 bridgehead atoms. The molecule has 0 aromatic carbocycles. The Labute approximate surface area is 68.1 Å². The average molecular weight is 174 g/mol. The Morgan fingerprint density at radius 1 is 1.64 bits per heavy atom. The third-order valence-electron chi connectivity index (χ3n) is 1.57. The molecule has 0 saturated carbocycles. The minimum Gasteiger partial charge on any atom is -0.402 e. The Morgan fingerprint density at radius 2 is 2.09 bits per heavy atom. The minimum atomic E-state index is -0.696. The van der Waals surface area contributed by atoms with E-state index in [1.54, 1.807) is 11.8 Å². The number of likely N-dealkylation sites (tertiary alicyclic amines) is 1. The lowest BCUT2D eigenvalue weighted by Gasteiger charge is -2.46. The fourth-order valence-corrected chi connectivity index (χ4v) is 1.58. The van der Waals surface area contributed by atoms with E-state index in [1.807, 2.05) is 0 Å². The van der Waals surface area contributed by atoms with Gasteiger partial charge >= 0.3 is 0 Å². The van der Waals surface area contributed by atoms with Crippen LogP contribution >= 0.6 is 0 Å². The van der Waals surface area contributed by atoms with Crippen molar-refractivity contribution >= 4 is 27.1 Å². The number of aliphatic hydroxyl groups is 1. The number of hydrogen-bond acceptors (Lipinski definition) is 3. The molecule has 0 atom stereocenters. The molecule has 1 aliphatic rings. The van der Waals surface area contributed by atoms with E-state index in [0.29, 0.717) is 13.1 Å². The highest BCUT2D eigenvalue weighted by Gasteiger charge is 2.36. The Hall–Kier alpha value is -0.480. The number of rotatable bonds is 0. The maximum absolute atomic E-state index is 11.1. The van der Waals surface area contributed by atoms with Crippen LogP contribution in [-0.2, 0) is 10.1 Å². The van der Waals surface area contributed by atoms with Crippen molar-refractivity contribution in [2.45, 2.75) is 12.5 Å². The zero-order chi connectivity index (χ0) is 8.65. The van der Waals surface area contributed by atoms with Gasteiger partial charge in [-0.1, -0.05) is 0 Å². The lowest BCUT2D eigenvalue weighted by atomic mass is 9.98. The van der Waals surface area contributed by atoms with E-state index in [-0.39, 0.29) is 5.24 Å². The van der Waals surface area contributed by atoms with Crippen molar-refractivity contribution < 1.29 is 9.90 Å². The molecule has 0 spiro atoms. The summed E-state index contributed by atoms with van der Waals surface area (Å²) in [7, 11) is -0.696. The quantitative estimate of drug-likeness (QED) is 0.403. The molecule has 64 valence electrons. The molecule has 1 heterocycles. The molecular formula is C7H12NO2S-. The van der Waals surface area contributed by atoms with Gasteiger partial charge < -0.3 is 24.9 Å². The van der Waals surface area contributed by atoms with Gasteiger partial charge in [0.25, 0.3) is 0 Å². The molecule has 0 aromatic rings. The van der Waals surface area contributed by atoms with Gasteiger partial charge in [-0.15, -0.1) is 0 Å². The van der Waals surface area contributed by atoms with Crippen LogP contribution < -0.4 is 0 Å². The molecule has 1 N–H and O–H groups in total. The monoisotopic (exact) mass is 174 g/mol. The molecule has 1 saturated heterocycles. The van der Waals surface area contributed by atoms with E-state index < -0.39 is 15.7 Å². The zero-order valence-corrected chi connectivity index (χ0v) is 7.36. The molecule has 3 nitrogen and oxygen atoms in total. The number of carbonyl (C=O) groups excluding carboxylic acids is 1. The van der Waals surface area contributed by atoms with Gasteiger partial charge in [-0.25, -0.2) is 11.7 Å². The van der Waals surface area contributed by atoms with E-state index >= 15 is 0 Å². The van der Waals surface area contributed by atoms with Gasteiger partial charge in [-0.2, -0.15) is 0 Å². The van der Waals surface area contributed by atoms with Crippen LogP contribution in [0.1, 0.15) is 6.92 Å². The highest BCUT2D eigenvalue weighted by molar-refractivity contribution is 8.05. The van der Waals surface area contributed by atoms with Gasteiger partial charge in [-0.05, 0) is 6.92 Å². The second kappa shape index (κ2) is 2.53. The third-order valence-corrected chi connectivity index (χ3v) is 2.32. The summed E-state index contributed by atoms with van der Waals surface area (Å²) < 4.78 is 0. The molecule has 1 rings (SSSR count). The number of amides is 1. The van der Waals surface area contributed by atoms with Crippen LogP contribution in [0.15, 0.2) is 0 Å². The van der Waals surface area contributed by atoms with Crippen molar-refractivity contribution in [3.63, 3.8) is 0 Å². The van der Waals surface area contributed by atoms with E-state index in [1.165, 1.54) is 0 Å². The molecule has 1 fully saturated rings. The average Bonchev–Trinajstić information content (AvgIpc) is 1.80. The standard InChI is InChI=1S/C7H12NO2S/c1-7(10)4-8(5-7)6(9)11(2)3/h10H,2-5H2,1H3/q-1. The van der Waals surface area contributed by atoms with E-state index in [0.717, 1.165) is 0 Å². The second-order valence-corrected chi connectivity index (χ2v) is 4.45. The molecule has 1 amide bonds. The molecule has 4 heteroatoms. The number of nitrogens with zero attached hydrogens (tertiary/aromatic N) is 1. The largest absolute Gasteiger partial charge is 0.402 e. The predicted molar refractivity (Wildman–Crippen MR) is 49.2 cm³/mol. The second-order valence-electron chi connectivity index (χ2n) is 3.11. The Kier molecular flexibility index (Phi) is 1.98. The van der Waals surface area contributed by atoms with Gasteiger partial charge in [0.1, 0.15) is 5.24 Å². The molecule has 1 aliphatic heterocycles. The first-order valence-corrected chi connectivity index (χ1v) is 4.84. The van der Waals surface area contributed by atoms with Crippen molar-refractivity contribution in [1.29, 1.82) is 0 Å². The van der Waals surface area contributed by atoms with Gasteiger partial charge in [0.15, 0.2) is 0 Å². The highest BCUT2D eigenvalue weighted by Crippen LogP contribution is 2.19. The number of carbonyl (C=O) groups is 1. The van der Waals surface area contributed by atoms with Crippen LogP contribution in [0.2, 0.25) is 0 Å². The lowest BCUT2D eigenvalue weighted by molar-refractivity contribution is -0.0557. The third kappa shape index (κ3) is 1.75. The lowest BCUT2D eigenvalue weighted by Crippen LogP contribution is -2.61. The van der Waals surface area contributed by atoms with Crippen LogP contribution in [0.25, 0.3) is 0 Å². The maximum Gasteiger partial charge on any atom is 0.126 e. The smallest absolute Gasteiger partial charge is 0.126 e. The summed E-state index contributed by atoms with van der Waals surface area (Å²) in [6.07, 6.45) is 0. The summed E-state index contributed by atoms with van der Waals surface area (Å²) in [6, 6.07) is 0.